The zero-order valence-electron chi connectivity index (χ0n) is 10.5. The molecule has 120 valence electrons. The Kier molecular flexibility index (Phi) is 17.1. The van der Waals surface area contributed by atoms with Gasteiger partial charge in [0.1, 0.15) is 0 Å². The average Bonchev–Trinajstić information content (AvgIpc) is 2.41. The van der Waals surface area contributed by atoms with Crippen LogP contribution in [0.5, 0.6) is 0 Å². The zero-order valence-corrected chi connectivity index (χ0v) is 16.2. The molecule has 0 heterocycles. The summed E-state index contributed by atoms with van der Waals surface area (Å²) in [4.78, 5) is 0. The van der Waals surface area contributed by atoms with Gasteiger partial charge < -0.3 is 11.0 Å². The standard InChI is InChI=1S/2C6H5O2Se.2H2O.Pt/c2*7-9(8)6-4-2-1-3-5-6;;;/h2*1-5H;2*1H2;. The molecule has 9 heteroatoms. The Morgan fingerprint density at radius 2 is 0.762 bits per heavy atom. The molecule has 0 spiro atoms. The second kappa shape index (κ2) is 14.2. The predicted molar refractivity (Wildman–Crippen MR) is 73.6 cm³/mol. The quantitative estimate of drug-likeness (QED) is 0.399. The van der Waals surface area contributed by atoms with Crippen LogP contribution >= 0.6 is 0 Å². The maximum Gasteiger partial charge on any atom is 0 e. The number of hydrogen-bond acceptors (Lipinski definition) is 4. The molecule has 0 atom stereocenters. The number of hydrogen-bond donors (Lipinski definition) is 0. The van der Waals surface area contributed by atoms with Crippen molar-refractivity contribution in [1.82, 2.24) is 0 Å². The van der Waals surface area contributed by atoms with Crippen molar-refractivity contribution >= 4 is 36.5 Å². The Balaban J connectivity index is -0.000000270. The Morgan fingerprint density at radius 3 is 0.905 bits per heavy atom. The van der Waals surface area contributed by atoms with Gasteiger partial charge in [0.05, 0.1) is 0 Å². The van der Waals surface area contributed by atoms with E-state index < -0.39 is 27.5 Å². The number of benzene rings is 2. The molecule has 0 unspecified atom stereocenters. The van der Waals surface area contributed by atoms with E-state index in [0.29, 0.717) is 8.92 Å². The molecule has 0 bridgehead atoms. The second-order valence-corrected chi connectivity index (χ2v) is 7.04. The van der Waals surface area contributed by atoms with Gasteiger partial charge in [0.25, 0.3) is 0 Å². The van der Waals surface area contributed by atoms with Crippen molar-refractivity contribution in [2.24, 2.45) is 0 Å². The van der Waals surface area contributed by atoms with Crippen molar-refractivity contribution in [3.05, 3.63) is 60.7 Å². The Labute approximate surface area is 144 Å². The fraction of sp³-hybridized carbons (Fsp3) is 0. The molecule has 2 radical (unpaired) electrons. The SMILES string of the molecule is O.O.O=[Se](=O)c1ccccc1.O=[Se](=O)c1ccccc1.[Pt]. The number of rotatable bonds is 2. The maximum atomic E-state index is 10.3. The second-order valence-electron chi connectivity index (χ2n) is 3.10. The monoisotopic (exact) mass is 609 g/mol. The van der Waals surface area contributed by atoms with Crippen molar-refractivity contribution in [3.8, 4) is 0 Å². The third kappa shape index (κ3) is 10.6. The molecule has 21 heavy (non-hydrogen) atoms. The summed E-state index contributed by atoms with van der Waals surface area (Å²) in [5, 5.41) is 0. The fourth-order valence-corrected chi connectivity index (χ4v) is 2.66. The van der Waals surface area contributed by atoms with Gasteiger partial charge in [-0.2, -0.15) is 0 Å². The summed E-state index contributed by atoms with van der Waals surface area (Å²) in [7, 11) is 0. The van der Waals surface area contributed by atoms with Crippen LogP contribution in [0.15, 0.2) is 60.7 Å². The summed E-state index contributed by atoms with van der Waals surface area (Å²) in [6.45, 7) is 0. The van der Waals surface area contributed by atoms with Crippen LogP contribution < -0.4 is 8.92 Å². The zero-order chi connectivity index (χ0) is 13.4. The van der Waals surface area contributed by atoms with Crippen molar-refractivity contribution in [2.75, 3.05) is 0 Å². The Hall–Kier alpha value is -0.713. The van der Waals surface area contributed by atoms with E-state index in [1.54, 1.807) is 60.7 Å². The van der Waals surface area contributed by atoms with E-state index in [1.165, 1.54) is 0 Å². The Bertz CT molecular complexity index is 553. The average molecular weight is 607 g/mol. The molecule has 0 aromatic heterocycles. The first-order chi connectivity index (χ1) is 8.61. The van der Waals surface area contributed by atoms with Crippen molar-refractivity contribution in [1.29, 1.82) is 0 Å². The molecule has 0 saturated heterocycles. The molecule has 4 N–H and O–H groups in total. The summed E-state index contributed by atoms with van der Waals surface area (Å²) >= 11 is -5.82. The minimum atomic E-state index is -2.91. The van der Waals surface area contributed by atoms with Gasteiger partial charge in [-0.3, -0.25) is 0 Å². The smallest absolute Gasteiger partial charge is 0 e. The van der Waals surface area contributed by atoms with E-state index >= 15 is 0 Å². The third-order valence-corrected chi connectivity index (χ3v) is 4.63. The molecule has 2 rings (SSSR count). The summed E-state index contributed by atoms with van der Waals surface area (Å²) in [6, 6.07) is 16.8. The molecule has 2 aromatic rings. The molecule has 0 amide bonds. The van der Waals surface area contributed by atoms with Gasteiger partial charge in [0, 0.05) is 21.1 Å². The normalized spacial score (nSPS) is 7.62. The van der Waals surface area contributed by atoms with Crippen LogP contribution in [0.25, 0.3) is 0 Å². The first-order valence-corrected chi connectivity index (χ1v) is 9.41. The van der Waals surface area contributed by atoms with E-state index in [4.69, 9.17) is 0 Å². The van der Waals surface area contributed by atoms with Gasteiger partial charge >= 0.3 is 112 Å². The molecular formula is C12H14O6PtSe2. The van der Waals surface area contributed by atoms with E-state index in [9.17, 15) is 15.3 Å². The van der Waals surface area contributed by atoms with Gasteiger partial charge in [-0.05, 0) is 0 Å². The fourth-order valence-electron chi connectivity index (χ4n) is 1.06. The minimum Gasteiger partial charge on any atom is 0 e. The summed E-state index contributed by atoms with van der Waals surface area (Å²) < 4.78 is 42.0. The van der Waals surface area contributed by atoms with Crippen molar-refractivity contribution in [2.45, 2.75) is 0 Å². The van der Waals surface area contributed by atoms with Crippen LogP contribution in [0.1, 0.15) is 0 Å². The first-order valence-electron chi connectivity index (χ1n) is 4.90. The maximum absolute atomic E-state index is 10.3. The molecule has 6 nitrogen and oxygen atoms in total. The molecule has 0 aliphatic rings. The van der Waals surface area contributed by atoms with E-state index in [2.05, 4.69) is 0 Å². The molecule has 0 aliphatic carbocycles. The van der Waals surface area contributed by atoms with Gasteiger partial charge in [-0.1, -0.05) is 0 Å². The van der Waals surface area contributed by atoms with Gasteiger partial charge in [-0.15, -0.1) is 0 Å². The van der Waals surface area contributed by atoms with Crippen LogP contribution in [0.3, 0.4) is 0 Å². The first kappa shape index (κ1) is 25.3. The largest absolute Gasteiger partial charge is 0 e. The molecular weight excluding hydrogens is 593 g/mol. The molecule has 0 aliphatic heterocycles. The van der Waals surface area contributed by atoms with Gasteiger partial charge in [0.15, 0.2) is 0 Å². The van der Waals surface area contributed by atoms with Crippen molar-refractivity contribution < 1.29 is 47.4 Å². The van der Waals surface area contributed by atoms with E-state index in [0.717, 1.165) is 0 Å². The minimum absolute atomic E-state index is 0. The topological polar surface area (TPSA) is 131 Å². The van der Waals surface area contributed by atoms with Crippen LogP contribution in [0, 0.1) is 0 Å². The third-order valence-electron chi connectivity index (χ3n) is 1.87. The predicted octanol–water partition coefficient (Wildman–Crippen LogP) is -1.17. The van der Waals surface area contributed by atoms with E-state index in [1.807, 2.05) is 0 Å². The van der Waals surface area contributed by atoms with Crippen LogP contribution in [0.4, 0.5) is 0 Å². The summed E-state index contributed by atoms with van der Waals surface area (Å²) in [5.41, 5.74) is 0. The van der Waals surface area contributed by atoms with Crippen LogP contribution in [0.2, 0.25) is 0 Å². The van der Waals surface area contributed by atoms with Crippen molar-refractivity contribution in [3.63, 3.8) is 0 Å². The van der Waals surface area contributed by atoms with E-state index in [-0.39, 0.29) is 32.0 Å². The van der Waals surface area contributed by atoms with Crippen LogP contribution in [-0.2, 0) is 36.4 Å². The summed E-state index contributed by atoms with van der Waals surface area (Å²) in [6.07, 6.45) is 0. The molecule has 0 fully saturated rings. The van der Waals surface area contributed by atoms with Gasteiger partial charge in [-0.25, -0.2) is 0 Å². The summed E-state index contributed by atoms with van der Waals surface area (Å²) in [5.74, 6) is 0. The molecule has 2 aromatic carbocycles. The molecule has 0 saturated carbocycles. The van der Waals surface area contributed by atoms with Gasteiger partial charge in [0.2, 0.25) is 0 Å². The van der Waals surface area contributed by atoms with Crippen LogP contribution in [-0.4, -0.2) is 38.5 Å². The Morgan fingerprint density at radius 1 is 0.524 bits per heavy atom.